The summed E-state index contributed by atoms with van der Waals surface area (Å²) >= 11 is 1.56. The number of hydrogen-bond donors (Lipinski definition) is 0. The van der Waals surface area contributed by atoms with Crippen molar-refractivity contribution < 1.29 is 0 Å². The molecule has 1 rings (SSSR count). The molecule has 0 saturated carbocycles. The zero-order chi connectivity index (χ0) is 10.6. The lowest BCUT2D eigenvalue weighted by molar-refractivity contribution is 0.391. The Labute approximate surface area is 90.2 Å². The number of amidine groups is 1. The molecule has 1 unspecified atom stereocenters. The van der Waals surface area contributed by atoms with Crippen molar-refractivity contribution in [3.8, 4) is 6.19 Å². The van der Waals surface area contributed by atoms with Gasteiger partial charge < -0.3 is 4.90 Å². The van der Waals surface area contributed by atoms with Gasteiger partial charge in [-0.2, -0.15) is 5.26 Å². The third kappa shape index (κ3) is 2.65. The largest absolute Gasteiger partial charge is 0.350 e. The molecule has 0 aromatic rings. The van der Waals surface area contributed by atoms with Gasteiger partial charge in [-0.15, -0.1) is 4.99 Å². The van der Waals surface area contributed by atoms with E-state index >= 15 is 0 Å². The maximum atomic E-state index is 8.53. The van der Waals surface area contributed by atoms with Crippen molar-refractivity contribution in [1.29, 1.82) is 5.26 Å². The molecule has 1 aliphatic heterocycles. The molecule has 1 atom stereocenters. The molecule has 1 saturated heterocycles. The second-order valence-electron chi connectivity index (χ2n) is 3.94. The average molecular weight is 211 g/mol. The molecule has 1 fully saturated rings. The summed E-state index contributed by atoms with van der Waals surface area (Å²) in [5.74, 6) is 1.48. The first-order valence-corrected chi connectivity index (χ1v) is 6.17. The zero-order valence-electron chi connectivity index (χ0n) is 9.03. The summed E-state index contributed by atoms with van der Waals surface area (Å²) in [6.07, 6.45) is 5.06. The van der Waals surface area contributed by atoms with E-state index in [2.05, 4.69) is 23.7 Å². The van der Waals surface area contributed by atoms with Crippen molar-refractivity contribution in [1.82, 2.24) is 4.90 Å². The Hall–Kier alpha value is -0.690. The Kier molecular flexibility index (Phi) is 4.27. The summed E-state index contributed by atoms with van der Waals surface area (Å²) in [5, 5.41) is 9.40. The van der Waals surface area contributed by atoms with Crippen LogP contribution in [0.1, 0.15) is 20.3 Å². The lowest BCUT2D eigenvalue weighted by Crippen LogP contribution is -2.26. The van der Waals surface area contributed by atoms with Gasteiger partial charge in [-0.25, -0.2) is 0 Å². The highest BCUT2D eigenvalue weighted by atomic mass is 32.2. The normalized spacial score (nSPS) is 22.9. The van der Waals surface area contributed by atoms with Gasteiger partial charge in [0.2, 0.25) is 6.19 Å². The molecule has 1 aliphatic rings. The second kappa shape index (κ2) is 5.26. The van der Waals surface area contributed by atoms with Gasteiger partial charge in [-0.1, -0.05) is 25.6 Å². The van der Waals surface area contributed by atoms with Gasteiger partial charge in [0.1, 0.15) is 0 Å². The molecule has 4 heteroatoms. The van der Waals surface area contributed by atoms with Crippen LogP contribution in [-0.4, -0.2) is 29.4 Å². The Morgan fingerprint density at radius 2 is 2.36 bits per heavy atom. The standard InChI is InChI=1S/C10H17N3S/c1-8(2)9-4-5-13(6-9)10(14-3)12-7-11/h8-9H,4-6H2,1-3H3. The Morgan fingerprint density at radius 3 is 2.79 bits per heavy atom. The maximum absolute atomic E-state index is 8.53. The molecule has 14 heavy (non-hydrogen) atoms. The first-order valence-electron chi connectivity index (χ1n) is 4.94. The lowest BCUT2D eigenvalue weighted by Gasteiger charge is -2.19. The van der Waals surface area contributed by atoms with Crippen molar-refractivity contribution in [2.24, 2.45) is 16.8 Å². The van der Waals surface area contributed by atoms with Crippen LogP contribution in [-0.2, 0) is 0 Å². The van der Waals surface area contributed by atoms with Gasteiger partial charge in [0.25, 0.3) is 0 Å². The number of nitriles is 1. The van der Waals surface area contributed by atoms with Gasteiger partial charge in [0.05, 0.1) is 0 Å². The van der Waals surface area contributed by atoms with E-state index in [1.165, 1.54) is 6.42 Å². The quantitative estimate of drug-likeness (QED) is 0.379. The van der Waals surface area contributed by atoms with Crippen LogP contribution < -0.4 is 0 Å². The highest BCUT2D eigenvalue weighted by Crippen LogP contribution is 2.25. The Morgan fingerprint density at radius 1 is 1.64 bits per heavy atom. The molecule has 1 heterocycles. The fourth-order valence-corrected chi connectivity index (χ4v) is 2.35. The van der Waals surface area contributed by atoms with Crippen molar-refractivity contribution >= 4 is 16.9 Å². The van der Waals surface area contributed by atoms with Crippen LogP contribution in [0.15, 0.2) is 4.99 Å². The van der Waals surface area contributed by atoms with E-state index in [1.807, 2.05) is 12.4 Å². The summed E-state index contributed by atoms with van der Waals surface area (Å²) < 4.78 is 0. The Bertz CT molecular complexity index is 255. The van der Waals surface area contributed by atoms with E-state index in [4.69, 9.17) is 5.26 Å². The van der Waals surface area contributed by atoms with Crippen molar-refractivity contribution in [3.63, 3.8) is 0 Å². The number of thioether (sulfide) groups is 1. The molecule has 0 aromatic heterocycles. The molecule has 0 radical (unpaired) electrons. The smallest absolute Gasteiger partial charge is 0.208 e. The molecule has 78 valence electrons. The monoisotopic (exact) mass is 211 g/mol. The topological polar surface area (TPSA) is 39.4 Å². The highest BCUT2D eigenvalue weighted by Gasteiger charge is 2.26. The highest BCUT2D eigenvalue weighted by molar-refractivity contribution is 8.13. The van der Waals surface area contributed by atoms with Gasteiger partial charge in [0, 0.05) is 13.1 Å². The van der Waals surface area contributed by atoms with E-state index in [0.29, 0.717) is 0 Å². The summed E-state index contributed by atoms with van der Waals surface area (Å²) in [6.45, 7) is 6.62. The number of rotatable bonds is 1. The first kappa shape index (κ1) is 11.4. The molecule has 0 N–H and O–H groups in total. The fraction of sp³-hybridized carbons (Fsp3) is 0.800. The fourth-order valence-electron chi connectivity index (χ4n) is 1.79. The van der Waals surface area contributed by atoms with E-state index < -0.39 is 0 Å². The maximum Gasteiger partial charge on any atom is 0.208 e. The number of aliphatic imine (C=N–C) groups is 1. The average Bonchev–Trinajstić information content (AvgIpc) is 2.63. The van der Waals surface area contributed by atoms with Gasteiger partial charge in [-0.3, -0.25) is 0 Å². The number of hydrogen-bond acceptors (Lipinski definition) is 3. The van der Waals surface area contributed by atoms with Gasteiger partial charge >= 0.3 is 0 Å². The van der Waals surface area contributed by atoms with E-state index in [1.54, 1.807) is 11.8 Å². The Balaban J connectivity index is 2.57. The SMILES string of the molecule is CSC(=NC#N)N1CCC(C(C)C)C1. The number of likely N-dealkylation sites (tertiary alicyclic amines) is 1. The molecule has 0 spiro atoms. The van der Waals surface area contributed by atoms with Crippen LogP contribution in [0.3, 0.4) is 0 Å². The predicted molar refractivity (Wildman–Crippen MR) is 61.1 cm³/mol. The molecular weight excluding hydrogens is 194 g/mol. The van der Waals surface area contributed by atoms with Crippen LogP contribution in [0.2, 0.25) is 0 Å². The molecule has 0 amide bonds. The minimum absolute atomic E-state index is 0.727. The second-order valence-corrected chi connectivity index (χ2v) is 4.71. The van der Waals surface area contributed by atoms with Crippen molar-refractivity contribution in [2.45, 2.75) is 20.3 Å². The molecule has 0 aliphatic carbocycles. The molecule has 3 nitrogen and oxygen atoms in total. The summed E-state index contributed by atoms with van der Waals surface area (Å²) in [7, 11) is 0. The van der Waals surface area contributed by atoms with Crippen molar-refractivity contribution in [2.75, 3.05) is 19.3 Å². The minimum atomic E-state index is 0.727. The third-order valence-electron chi connectivity index (χ3n) is 2.77. The molecule has 0 bridgehead atoms. The number of nitrogens with zero attached hydrogens (tertiary/aromatic N) is 3. The van der Waals surface area contributed by atoms with Crippen LogP contribution in [0.25, 0.3) is 0 Å². The van der Waals surface area contributed by atoms with Crippen LogP contribution in [0.4, 0.5) is 0 Å². The first-order chi connectivity index (χ1) is 6.69. The molecular formula is C10H17N3S. The van der Waals surface area contributed by atoms with Crippen LogP contribution >= 0.6 is 11.8 Å². The van der Waals surface area contributed by atoms with Crippen LogP contribution in [0.5, 0.6) is 0 Å². The summed E-state index contributed by atoms with van der Waals surface area (Å²) in [4.78, 5) is 6.05. The van der Waals surface area contributed by atoms with E-state index in [-0.39, 0.29) is 0 Å². The zero-order valence-corrected chi connectivity index (χ0v) is 9.84. The third-order valence-corrected chi connectivity index (χ3v) is 3.48. The summed E-state index contributed by atoms with van der Waals surface area (Å²) in [5.41, 5.74) is 0. The van der Waals surface area contributed by atoms with E-state index in [0.717, 1.165) is 30.1 Å². The van der Waals surface area contributed by atoms with Gasteiger partial charge in [-0.05, 0) is 24.5 Å². The predicted octanol–water partition coefficient (Wildman–Crippen LogP) is 2.16. The van der Waals surface area contributed by atoms with Crippen LogP contribution in [0, 0.1) is 23.3 Å². The molecule has 0 aromatic carbocycles. The van der Waals surface area contributed by atoms with Gasteiger partial charge in [0.15, 0.2) is 5.17 Å². The minimum Gasteiger partial charge on any atom is -0.350 e. The van der Waals surface area contributed by atoms with Crippen molar-refractivity contribution in [3.05, 3.63) is 0 Å². The summed E-state index contributed by atoms with van der Waals surface area (Å²) in [6, 6.07) is 0. The lowest BCUT2D eigenvalue weighted by atomic mass is 9.95. The van der Waals surface area contributed by atoms with E-state index in [9.17, 15) is 0 Å².